The molecule has 0 saturated heterocycles. The predicted molar refractivity (Wildman–Crippen MR) is 50.2 cm³/mol. The van der Waals surface area contributed by atoms with E-state index in [4.69, 9.17) is 22.1 Å². The van der Waals surface area contributed by atoms with Crippen LogP contribution < -0.4 is 5.73 Å². The smallest absolute Gasteiger partial charge is 0.146 e. The van der Waals surface area contributed by atoms with Crippen LogP contribution in [-0.2, 0) is 4.74 Å². The van der Waals surface area contributed by atoms with Crippen LogP contribution in [0.2, 0.25) is 5.02 Å². The Hall–Kier alpha value is -0.640. The lowest BCUT2D eigenvalue weighted by atomic mass is 10.1. The molecule has 0 saturated carbocycles. The van der Waals surface area contributed by atoms with E-state index in [1.54, 1.807) is 12.1 Å². The molecule has 1 rings (SSSR count). The van der Waals surface area contributed by atoms with Gasteiger partial charge in [0.1, 0.15) is 5.82 Å². The molecule has 2 N–H and O–H groups in total. The molecule has 13 heavy (non-hydrogen) atoms. The quantitative estimate of drug-likeness (QED) is 0.817. The molecule has 0 amide bonds. The van der Waals surface area contributed by atoms with Gasteiger partial charge < -0.3 is 10.5 Å². The molecule has 0 aliphatic carbocycles. The molecular weight excluding hydrogens is 193 g/mol. The minimum absolute atomic E-state index is 0.0871. The SMILES string of the molecule is COC[C@@H](N)c1cccc(Cl)c1F. The van der Waals surface area contributed by atoms with E-state index < -0.39 is 11.9 Å². The molecule has 72 valence electrons. The van der Waals surface area contributed by atoms with Crippen molar-refractivity contribution in [1.29, 1.82) is 0 Å². The first-order valence-corrected chi connectivity index (χ1v) is 4.23. The number of hydrogen-bond acceptors (Lipinski definition) is 2. The van der Waals surface area contributed by atoms with Crippen molar-refractivity contribution in [3.05, 3.63) is 34.6 Å². The zero-order valence-corrected chi connectivity index (χ0v) is 8.01. The van der Waals surface area contributed by atoms with Gasteiger partial charge in [-0.2, -0.15) is 0 Å². The topological polar surface area (TPSA) is 35.2 Å². The number of ether oxygens (including phenoxy) is 1. The van der Waals surface area contributed by atoms with Gasteiger partial charge in [0.05, 0.1) is 17.7 Å². The molecule has 0 heterocycles. The summed E-state index contributed by atoms with van der Waals surface area (Å²) in [6.45, 7) is 0.275. The Morgan fingerprint density at radius 3 is 2.92 bits per heavy atom. The van der Waals surface area contributed by atoms with Crippen LogP contribution in [0.25, 0.3) is 0 Å². The van der Waals surface area contributed by atoms with Gasteiger partial charge in [0.25, 0.3) is 0 Å². The second-order valence-electron chi connectivity index (χ2n) is 2.70. The Morgan fingerprint density at radius 2 is 2.31 bits per heavy atom. The molecular formula is C9H11ClFNO. The van der Waals surface area contributed by atoms with Crippen LogP contribution in [0.15, 0.2) is 18.2 Å². The number of benzene rings is 1. The standard InChI is InChI=1S/C9H11ClFNO/c1-13-5-8(12)6-3-2-4-7(10)9(6)11/h2-4,8H,5,12H2,1H3/t8-/m1/s1. The zero-order chi connectivity index (χ0) is 9.84. The summed E-state index contributed by atoms with van der Waals surface area (Å²) in [4.78, 5) is 0. The first-order chi connectivity index (χ1) is 6.16. The van der Waals surface area contributed by atoms with E-state index in [0.29, 0.717) is 5.56 Å². The highest BCUT2D eigenvalue weighted by Crippen LogP contribution is 2.21. The Labute approximate surface area is 81.4 Å². The van der Waals surface area contributed by atoms with E-state index in [-0.39, 0.29) is 11.6 Å². The Kier molecular flexibility index (Phi) is 3.66. The summed E-state index contributed by atoms with van der Waals surface area (Å²) in [5, 5.41) is 0.0871. The Bertz CT molecular complexity index is 293. The minimum atomic E-state index is -0.469. The molecule has 2 nitrogen and oxygen atoms in total. The van der Waals surface area contributed by atoms with Crippen molar-refractivity contribution >= 4 is 11.6 Å². The van der Waals surface area contributed by atoms with Crippen molar-refractivity contribution in [2.45, 2.75) is 6.04 Å². The summed E-state index contributed by atoms with van der Waals surface area (Å²) in [5.41, 5.74) is 6.04. The number of halogens is 2. The first-order valence-electron chi connectivity index (χ1n) is 3.85. The molecule has 0 radical (unpaired) electrons. The van der Waals surface area contributed by atoms with Crippen LogP contribution >= 0.6 is 11.6 Å². The van der Waals surface area contributed by atoms with Crippen molar-refractivity contribution in [3.8, 4) is 0 Å². The van der Waals surface area contributed by atoms with Gasteiger partial charge in [-0.3, -0.25) is 0 Å². The maximum absolute atomic E-state index is 13.3. The highest BCUT2D eigenvalue weighted by atomic mass is 35.5. The second-order valence-corrected chi connectivity index (χ2v) is 3.11. The molecule has 1 aromatic rings. The fourth-order valence-electron chi connectivity index (χ4n) is 1.08. The predicted octanol–water partition coefficient (Wildman–Crippen LogP) is 2.13. The van der Waals surface area contributed by atoms with E-state index in [0.717, 1.165) is 0 Å². The maximum Gasteiger partial charge on any atom is 0.146 e. The summed E-state index contributed by atoms with van der Waals surface area (Å²) in [6, 6.07) is 4.28. The van der Waals surface area contributed by atoms with Crippen molar-refractivity contribution in [3.63, 3.8) is 0 Å². The average molecular weight is 204 g/mol. The third kappa shape index (κ3) is 2.40. The number of rotatable bonds is 3. The Morgan fingerprint density at radius 1 is 1.62 bits per heavy atom. The summed E-state index contributed by atoms with van der Waals surface area (Å²) in [5.74, 6) is -0.464. The van der Waals surface area contributed by atoms with Crippen LogP contribution in [0.5, 0.6) is 0 Å². The number of methoxy groups -OCH3 is 1. The van der Waals surface area contributed by atoms with Crippen molar-refractivity contribution in [2.75, 3.05) is 13.7 Å². The summed E-state index contributed by atoms with van der Waals surface area (Å²) < 4.78 is 18.1. The van der Waals surface area contributed by atoms with Crippen molar-refractivity contribution in [2.24, 2.45) is 5.73 Å². The minimum Gasteiger partial charge on any atom is -0.383 e. The van der Waals surface area contributed by atoms with E-state index in [1.165, 1.54) is 13.2 Å². The molecule has 0 bridgehead atoms. The number of nitrogens with two attached hydrogens (primary N) is 1. The fraction of sp³-hybridized carbons (Fsp3) is 0.333. The van der Waals surface area contributed by atoms with Gasteiger partial charge in [-0.05, 0) is 6.07 Å². The molecule has 0 unspecified atom stereocenters. The third-order valence-corrected chi connectivity index (χ3v) is 2.02. The highest BCUT2D eigenvalue weighted by Gasteiger charge is 2.12. The van der Waals surface area contributed by atoms with E-state index in [9.17, 15) is 4.39 Å². The first kappa shape index (κ1) is 10.4. The van der Waals surface area contributed by atoms with Crippen molar-refractivity contribution in [1.82, 2.24) is 0 Å². The lowest BCUT2D eigenvalue weighted by molar-refractivity contribution is 0.179. The molecule has 1 atom stereocenters. The molecule has 1 aromatic carbocycles. The van der Waals surface area contributed by atoms with Gasteiger partial charge in [0.15, 0.2) is 0 Å². The molecule has 4 heteroatoms. The highest BCUT2D eigenvalue weighted by molar-refractivity contribution is 6.30. The van der Waals surface area contributed by atoms with Crippen LogP contribution in [0.4, 0.5) is 4.39 Å². The third-order valence-electron chi connectivity index (χ3n) is 1.73. The molecule has 0 aliphatic rings. The van der Waals surface area contributed by atoms with Gasteiger partial charge in [0, 0.05) is 12.7 Å². The summed E-state index contributed by atoms with van der Waals surface area (Å²) in [6.07, 6.45) is 0. The maximum atomic E-state index is 13.3. The molecule has 0 fully saturated rings. The fourth-order valence-corrected chi connectivity index (χ4v) is 1.26. The van der Waals surface area contributed by atoms with Crippen LogP contribution in [0, 0.1) is 5.82 Å². The van der Waals surface area contributed by atoms with Gasteiger partial charge in [-0.15, -0.1) is 0 Å². The van der Waals surface area contributed by atoms with E-state index in [2.05, 4.69) is 0 Å². The average Bonchev–Trinajstić information content (AvgIpc) is 2.10. The van der Waals surface area contributed by atoms with Gasteiger partial charge >= 0.3 is 0 Å². The molecule has 0 aliphatic heterocycles. The van der Waals surface area contributed by atoms with E-state index in [1.807, 2.05) is 0 Å². The van der Waals surface area contributed by atoms with Gasteiger partial charge in [-0.25, -0.2) is 4.39 Å². The van der Waals surface area contributed by atoms with Crippen LogP contribution in [0.3, 0.4) is 0 Å². The lowest BCUT2D eigenvalue weighted by Crippen LogP contribution is -2.17. The summed E-state index contributed by atoms with van der Waals surface area (Å²) in [7, 11) is 1.52. The van der Waals surface area contributed by atoms with Crippen molar-refractivity contribution < 1.29 is 9.13 Å². The summed E-state index contributed by atoms with van der Waals surface area (Å²) >= 11 is 5.59. The van der Waals surface area contributed by atoms with Crippen LogP contribution in [-0.4, -0.2) is 13.7 Å². The zero-order valence-electron chi connectivity index (χ0n) is 7.26. The van der Waals surface area contributed by atoms with E-state index >= 15 is 0 Å². The molecule has 0 spiro atoms. The van der Waals surface area contributed by atoms with Gasteiger partial charge in [-0.1, -0.05) is 23.7 Å². The van der Waals surface area contributed by atoms with Crippen LogP contribution in [0.1, 0.15) is 11.6 Å². The number of hydrogen-bond donors (Lipinski definition) is 1. The lowest BCUT2D eigenvalue weighted by Gasteiger charge is -2.11. The molecule has 0 aromatic heterocycles. The second kappa shape index (κ2) is 4.56. The Balaban J connectivity index is 2.93. The monoisotopic (exact) mass is 203 g/mol. The normalized spacial score (nSPS) is 12.9. The largest absolute Gasteiger partial charge is 0.383 e. The van der Waals surface area contributed by atoms with Gasteiger partial charge in [0.2, 0.25) is 0 Å².